The van der Waals surface area contributed by atoms with E-state index in [1.54, 1.807) is 0 Å². The predicted octanol–water partition coefficient (Wildman–Crippen LogP) is 1.95. The molecule has 2 unspecified atom stereocenters. The van der Waals surface area contributed by atoms with Gasteiger partial charge in [0.25, 0.3) is 0 Å². The number of rotatable bonds is 1. The number of amides is 1. The van der Waals surface area contributed by atoms with Gasteiger partial charge in [0, 0.05) is 12.5 Å². The van der Waals surface area contributed by atoms with Crippen molar-refractivity contribution in [2.45, 2.75) is 46.6 Å². The van der Waals surface area contributed by atoms with Crippen LogP contribution in [0.15, 0.2) is 0 Å². The Balaban J connectivity index is 0.000000461. The van der Waals surface area contributed by atoms with Gasteiger partial charge in [0.1, 0.15) is 0 Å². The van der Waals surface area contributed by atoms with E-state index >= 15 is 0 Å². The highest BCUT2D eigenvalue weighted by Gasteiger charge is 2.26. The first-order valence-corrected chi connectivity index (χ1v) is 4.53. The minimum atomic E-state index is 0.217. The molecule has 0 radical (unpaired) electrons. The molecule has 0 aromatic rings. The van der Waals surface area contributed by atoms with Gasteiger partial charge in [-0.05, 0) is 12.8 Å². The summed E-state index contributed by atoms with van der Waals surface area (Å²) >= 11 is 0. The van der Waals surface area contributed by atoms with E-state index < -0.39 is 0 Å². The van der Waals surface area contributed by atoms with Crippen molar-refractivity contribution in [3.63, 3.8) is 0 Å². The second kappa shape index (κ2) is 5.16. The third-order valence-corrected chi connectivity index (χ3v) is 2.07. The second-order valence-electron chi connectivity index (χ2n) is 2.73. The smallest absolute Gasteiger partial charge is 0.220 e. The average Bonchev–Trinajstić information content (AvgIpc) is 2.33. The Morgan fingerprint density at radius 1 is 1.55 bits per heavy atom. The molecule has 0 bridgehead atoms. The van der Waals surface area contributed by atoms with E-state index in [-0.39, 0.29) is 5.91 Å². The Labute approximate surface area is 69.4 Å². The van der Waals surface area contributed by atoms with Crippen LogP contribution in [0.4, 0.5) is 0 Å². The zero-order valence-electron chi connectivity index (χ0n) is 7.98. The van der Waals surface area contributed by atoms with Crippen LogP contribution in [0, 0.1) is 5.92 Å². The summed E-state index contributed by atoms with van der Waals surface area (Å²) in [5.41, 5.74) is 0. The molecule has 0 aromatic heterocycles. The summed E-state index contributed by atoms with van der Waals surface area (Å²) in [4.78, 5) is 10.7. The molecule has 11 heavy (non-hydrogen) atoms. The van der Waals surface area contributed by atoms with Gasteiger partial charge in [-0.2, -0.15) is 0 Å². The summed E-state index contributed by atoms with van der Waals surface area (Å²) in [7, 11) is 0. The van der Waals surface area contributed by atoms with Crippen molar-refractivity contribution in [2.24, 2.45) is 5.92 Å². The normalized spacial score (nSPS) is 28.9. The molecule has 1 saturated heterocycles. The monoisotopic (exact) mass is 157 g/mol. The second-order valence-corrected chi connectivity index (χ2v) is 2.73. The van der Waals surface area contributed by atoms with E-state index in [1.165, 1.54) is 0 Å². The van der Waals surface area contributed by atoms with Gasteiger partial charge in [-0.3, -0.25) is 4.79 Å². The third kappa shape index (κ3) is 2.91. The van der Waals surface area contributed by atoms with Gasteiger partial charge < -0.3 is 5.32 Å². The topological polar surface area (TPSA) is 29.1 Å². The SMILES string of the molecule is CC.CCC1CC(=O)NC1C. The lowest BCUT2D eigenvalue weighted by Crippen LogP contribution is -2.24. The number of nitrogens with one attached hydrogen (secondary N) is 1. The van der Waals surface area contributed by atoms with Crippen molar-refractivity contribution < 1.29 is 4.79 Å². The van der Waals surface area contributed by atoms with Crippen LogP contribution in [0.25, 0.3) is 0 Å². The van der Waals surface area contributed by atoms with Gasteiger partial charge in [-0.25, -0.2) is 0 Å². The molecule has 2 nitrogen and oxygen atoms in total. The van der Waals surface area contributed by atoms with Crippen LogP contribution in [0.5, 0.6) is 0 Å². The maximum Gasteiger partial charge on any atom is 0.220 e. The molecule has 1 fully saturated rings. The fourth-order valence-corrected chi connectivity index (χ4v) is 1.34. The van der Waals surface area contributed by atoms with E-state index in [0.29, 0.717) is 12.0 Å². The van der Waals surface area contributed by atoms with E-state index in [1.807, 2.05) is 13.8 Å². The molecule has 1 N–H and O–H groups in total. The molecular weight excluding hydrogens is 138 g/mol. The molecule has 1 aliphatic rings. The summed E-state index contributed by atoms with van der Waals surface area (Å²) in [5, 5.41) is 2.88. The summed E-state index contributed by atoms with van der Waals surface area (Å²) in [6, 6.07) is 0.405. The molecule has 0 spiro atoms. The van der Waals surface area contributed by atoms with Crippen molar-refractivity contribution >= 4 is 5.91 Å². The molecule has 1 amide bonds. The summed E-state index contributed by atoms with van der Waals surface area (Å²) < 4.78 is 0. The Morgan fingerprint density at radius 3 is 2.27 bits per heavy atom. The maximum atomic E-state index is 10.7. The molecule has 0 saturated carbocycles. The largest absolute Gasteiger partial charge is 0.353 e. The zero-order chi connectivity index (χ0) is 8.85. The van der Waals surface area contributed by atoms with Gasteiger partial charge in [-0.15, -0.1) is 0 Å². The number of carbonyl (C=O) groups is 1. The van der Waals surface area contributed by atoms with Crippen LogP contribution in [0.1, 0.15) is 40.5 Å². The highest BCUT2D eigenvalue weighted by Crippen LogP contribution is 2.18. The summed E-state index contributed by atoms with van der Waals surface area (Å²) in [6.45, 7) is 8.19. The molecule has 66 valence electrons. The number of hydrogen-bond acceptors (Lipinski definition) is 1. The van der Waals surface area contributed by atoms with Gasteiger partial charge in [-0.1, -0.05) is 27.2 Å². The molecule has 1 heterocycles. The Kier molecular flexibility index (Phi) is 4.92. The predicted molar refractivity (Wildman–Crippen MR) is 47.4 cm³/mol. The lowest BCUT2D eigenvalue weighted by molar-refractivity contribution is -0.119. The van der Waals surface area contributed by atoms with Crippen LogP contribution < -0.4 is 5.32 Å². The molecule has 0 aromatic carbocycles. The van der Waals surface area contributed by atoms with Gasteiger partial charge in [0.15, 0.2) is 0 Å². The van der Waals surface area contributed by atoms with E-state index in [2.05, 4.69) is 19.2 Å². The van der Waals surface area contributed by atoms with Crippen molar-refractivity contribution in [1.29, 1.82) is 0 Å². The summed E-state index contributed by atoms with van der Waals surface area (Å²) in [5.74, 6) is 0.798. The van der Waals surface area contributed by atoms with Crippen molar-refractivity contribution in [3.8, 4) is 0 Å². The van der Waals surface area contributed by atoms with Gasteiger partial charge in [0.2, 0.25) is 5.91 Å². The quantitative estimate of drug-likeness (QED) is 0.619. The van der Waals surface area contributed by atoms with E-state index in [0.717, 1.165) is 12.8 Å². The molecule has 2 heteroatoms. The van der Waals surface area contributed by atoms with Crippen LogP contribution in [-0.4, -0.2) is 11.9 Å². The molecular formula is C9H19NO. The molecule has 1 rings (SSSR count). The number of carbonyl (C=O) groups excluding carboxylic acids is 1. The lowest BCUT2D eigenvalue weighted by Gasteiger charge is -2.09. The molecule has 1 aliphatic heterocycles. The fraction of sp³-hybridized carbons (Fsp3) is 0.889. The van der Waals surface area contributed by atoms with Crippen molar-refractivity contribution in [1.82, 2.24) is 5.32 Å². The minimum Gasteiger partial charge on any atom is -0.353 e. The van der Waals surface area contributed by atoms with Crippen LogP contribution in [0.2, 0.25) is 0 Å². The van der Waals surface area contributed by atoms with Crippen molar-refractivity contribution in [3.05, 3.63) is 0 Å². The zero-order valence-corrected chi connectivity index (χ0v) is 7.98. The average molecular weight is 157 g/mol. The highest BCUT2D eigenvalue weighted by atomic mass is 16.1. The first-order valence-electron chi connectivity index (χ1n) is 4.53. The standard InChI is InChI=1S/C7H13NO.C2H6/c1-3-6-4-7(9)8-5(6)2;1-2/h5-6H,3-4H2,1-2H3,(H,8,9);1-2H3. The first kappa shape index (κ1) is 10.5. The Morgan fingerprint density at radius 2 is 2.09 bits per heavy atom. The fourth-order valence-electron chi connectivity index (χ4n) is 1.34. The van der Waals surface area contributed by atoms with Gasteiger partial charge in [0.05, 0.1) is 0 Å². The van der Waals surface area contributed by atoms with Crippen LogP contribution in [-0.2, 0) is 4.79 Å². The van der Waals surface area contributed by atoms with Crippen LogP contribution >= 0.6 is 0 Å². The van der Waals surface area contributed by atoms with Gasteiger partial charge >= 0.3 is 0 Å². The van der Waals surface area contributed by atoms with Crippen molar-refractivity contribution in [2.75, 3.05) is 0 Å². The highest BCUT2D eigenvalue weighted by molar-refractivity contribution is 5.78. The molecule has 2 atom stereocenters. The maximum absolute atomic E-state index is 10.7. The third-order valence-electron chi connectivity index (χ3n) is 2.07. The number of hydrogen-bond donors (Lipinski definition) is 1. The Bertz CT molecular complexity index is 123. The van der Waals surface area contributed by atoms with Crippen LogP contribution in [0.3, 0.4) is 0 Å². The lowest BCUT2D eigenvalue weighted by atomic mass is 9.99. The first-order chi connectivity index (χ1) is 5.24. The molecule has 0 aliphatic carbocycles. The minimum absolute atomic E-state index is 0.217. The summed E-state index contributed by atoms with van der Waals surface area (Å²) in [6.07, 6.45) is 1.84. The van der Waals surface area contributed by atoms with E-state index in [4.69, 9.17) is 0 Å². The van der Waals surface area contributed by atoms with E-state index in [9.17, 15) is 4.79 Å². The Hall–Kier alpha value is -0.530.